The molecule has 1 N–H and O–H groups in total. The van der Waals surface area contributed by atoms with Gasteiger partial charge in [0.05, 0.1) is 6.20 Å². The van der Waals surface area contributed by atoms with Crippen molar-refractivity contribution in [2.45, 2.75) is 38.3 Å². The van der Waals surface area contributed by atoms with Gasteiger partial charge in [0.2, 0.25) is 5.91 Å². The first kappa shape index (κ1) is 15.4. The lowest BCUT2D eigenvalue weighted by Gasteiger charge is -2.33. The van der Waals surface area contributed by atoms with E-state index in [1.54, 1.807) is 29.6 Å². The van der Waals surface area contributed by atoms with E-state index in [1.165, 1.54) is 6.33 Å². The highest BCUT2D eigenvalue weighted by atomic mass is 16.1. The van der Waals surface area contributed by atoms with Crippen LogP contribution in [0.4, 0.5) is 5.82 Å². The first-order valence-electron chi connectivity index (χ1n) is 7.94. The van der Waals surface area contributed by atoms with Crippen LogP contribution in [0.5, 0.6) is 0 Å². The molecule has 122 valence electrons. The summed E-state index contributed by atoms with van der Waals surface area (Å²) in [4.78, 5) is 26.6. The van der Waals surface area contributed by atoms with Gasteiger partial charge in [-0.05, 0) is 19.3 Å². The van der Waals surface area contributed by atoms with E-state index in [2.05, 4.69) is 30.3 Å². The average Bonchev–Trinajstić information content (AvgIpc) is 3.09. The van der Waals surface area contributed by atoms with Crippen molar-refractivity contribution in [1.82, 2.24) is 30.0 Å². The van der Waals surface area contributed by atoms with Crippen molar-refractivity contribution in [2.75, 3.05) is 18.0 Å². The van der Waals surface area contributed by atoms with Gasteiger partial charge in [-0.1, -0.05) is 0 Å². The van der Waals surface area contributed by atoms with Crippen molar-refractivity contribution in [3.63, 3.8) is 0 Å². The summed E-state index contributed by atoms with van der Waals surface area (Å²) in [6.45, 7) is 2.45. The lowest BCUT2D eigenvalue weighted by Crippen LogP contribution is -2.48. The molecule has 1 aliphatic rings. The number of aromatic nitrogens is 5. The van der Waals surface area contributed by atoms with Crippen LogP contribution in [-0.2, 0) is 11.3 Å². The molecule has 0 radical (unpaired) electrons. The second-order valence-electron chi connectivity index (χ2n) is 5.68. The molecule has 0 unspecified atom stereocenters. The van der Waals surface area contributed by atoms with Crippen molar-refractivity contribution in [3.8, 4) is 0 Å². The standard InChI is InChI=1S/C15H21N7O/c23-15(4-2-8-22-12-17-11-19-22)20-13-3-1-7-21(10-13)14-9-16-5-6-18-14/h5-6,9,11-13H,1-4,7-8,10H2,(H,20,23)/t13-/m1/s1. The molecule has 2 aromatic rings. The molecule has 1 aliphatic heterocycles. The number of anilines is 1. The smallest absolute Gasteiger partial charge is 0.220 e. The Morgan fingerprint density at radius 2 is 2.30 bits per heavy atom. The lowest BCUT2D eigenvalue weighted by molar-refractivity contribution is -0.122. The Morgan fingerprint density at radius 1 is 1.35 bits per heavy atom. The molecule has 23 heavy (non-hydrogen) atoms. The maximum atomic E-state index is 12.1. The monoisotopic (exact) mass is 315 g/mol. The number of carbonyl (C=O) groups is 1. The number of nitrogens with one attached hydrogen (secondary N) is 1. The summed E-state index contributed by atoms with van der Waals surface area (Å²) >= 11 is 0. The molecule has 0 spiro atoms. The van der Waals surface area contributed by atoms with Gasteiger partial charge in [-0.15, -0.1) is 0 Å². The molecule has 3 heterocycles. The van der Waals surface area contributed by atoms with E-state index in [1.807, 2.05) is 0 Å². The third kappa shape index (κ3) is 4.48. The molecule has 0 bridgehead atoms. The maximum Gasteiger partial charge on any atom is 0.220 e. The summed E-state index contributed by atoms with van der Waals surface area (Å²) in [5.74, 6) is 0.966. The van der Waals surface area contributed by atoms with E-state index in [0.29, 0.717) is 13.0 Å². The highest BCUT2D eigenvalue weighted by Gasteiger charge is 2.22. The fourth-order valence-corrected chi connectivity index (χ4v) is 2.81. The van der Waals surface area contributed by atoms with Gasteiger partial charge < -0.3 is 10.2 Å². The third-order valence-corrected chi connectivity index (χ3v) is 3.92. The zero-order valence-electron chi connectivity index (χ0n) is 13.0. The summed E-state index contributed by atoms with van der Waals surface area (Å²) in [7, 11) is 0. The van der Waals surface area contributed by atoms with Crippen LogP contribution in [0.15, 0.2) is 31.2 Å². The highest BCUT2D eigenvalue weighted by Crippen LogP contribution is 2.16. The predicted octanol–water partition coefficient (Wildman–Crippen LogP) is 0.633. The van der Waals surface area contributed by atoms with Gasteiger partial charge in [0, 0.05) is 44.5 Å². The SMILES string of the molecule is O=C(CCCn1cncn1)N[C@@H]1CCCN(c2cnccn2)C1. The van der Waals surface area contributed by atoms with Crippen molar-refractivity contribution in [3.05, 3.63) is 31.2 Å². The van der Waals surface area contributed by atoms with Crippen LogP contribution in [-0.4, -0.2) is 49.8 Å². The average molecular weight is 315 g/mol. The predicted molar refractivity (Wildman–Crippen MR) is 84.7 cm³/mol. The van der Waals surface area contributed by atoms with Crippen molar-refractivity contribution < 1.29 is 4.79 Å². The minimum absolute atomic E-state index is 0.0936. The number of nitrogens with zero attached hydrogens (tertiary/aromatic N) is 6. The Labute approximate surface area is 135 Å². The fourth-order valence-electron chi connectivity index (χ4n) is 2.81. The molecule has 1 atom stereocenters. The normalized spacial score (nSPS) is 17.9. The molecule has 0 saturated carbocycles. The molecule has 1 saturated heterocycles. The Morgan fingerprint density at radius 3 is 3.09 bits per heavy atom. The van der Waals surface area contributed by atoms with E-state index in [9.17, 15) is 4.79 Å². The molecule has 1 fully saturated rings. The van der Waals surface area contributed by atoms with E-state index < -0.39 is 0 Å². The van der Waals surface area contributed by atoms with Crippen LogP contribution in [0, 0.1) is 0 Å². The number of piperidine rings is 1. The van der Waals surface area contributed by atoms with Gasteiger partial charge in [0.15, 0.2) is 0 Å². The van der Waals surface area contributed by atoms with Gasteiger partial charge in [0.25, 0.3) is 0 Å². The molecule has 0 aliphatic carbocycles. The Balaban J connectivity index is 1.43. The van der Waals surface area contributed by atoms with E-state index >= 15 is 0 Å². The number of carbonyl (C=O) groups excluding carboxylic acids is 1. The van der Waals surface area contributed by atoms with Gasteiger partial charge in [-0.2, -0.15) is 5.10 Å². The first-order valence-corrected chi connectivity index (χ1v) is 7.94. The number of hydrogen-bond donors (Lipinski definition) is 1. The van der Waals surface area contributed by atoms with Crippen LogP contribution >= 0.6 is 0 Å². The molecule has 8 nitrogen and oxygen atoms in total. The Bertz CT molecular complexity index is 602. The second-order valence-corrected chi connectivity index (χ2v) is 5.68. The van der Waals surface area contributed by atoms with E-state index in [0.717, 1.165) is 38.2 Å². The first-order chi connectivity index (χ1) is 11.3. The van der Waals surface area contributed by atoms with Crippen molar-refractivity contribution >= 4 is 11.7 Å². The van der Waals surface area contributed by atoms with Crippen LogP contribution in [0.2, 0.25) is 0 Å². The summed E-state index contributed by atoms with van der Waals surface area (Å²) in [6.07, 6.45) is 11.6. The van der Waals surface area contributed by atoms with Gasteiger partial charge in [0.1, 0.15) is 18.5 Å². The van der Waals surface area contributed by atoms with Gasteiger partial charge >= 0.3 is 0 Å². The summed E-state index contributed by atoms with van der Waals surface area (Å²) in [5, 5.41) is 7.15. The zero-order chi connectivity index (χ0) is 15.9. The molecular weight excluding hydrogens is 294 g/mol. The number of aryl methyl sites for hydroxylation is 1. The van der Waals surface area contributed by atoms with Crippen molar-refractivity contribution in [1.29, 1.82) is 0 Å². The number of amides is 1. The maximum absolute atomic E-state index is 12.1. The van der Waals surface area contributed by atoms with Crippen LogP contribution in [0.3, 0.4) is 0 Å². The Hall–Kier alpha value is -2.51. The number of hydrogen-bond acceptors (Lipinski definition) is 6. The van der Waals surface area contributed by atoms with Crippen LogP contribution in [0.1, 0.15) is 25.7 Å². The molecule has 8 heteroatoms. The van der Waals surface area contributed by atoms with E-state index in [-0.39, 0.29) is 11.9 Å². The Kier molecular flexibility index (Phi) is 5.13. The van der Waals surface area contributed by atoms with Gasteiger partial charge in [-0.25, -0.2) is 9.97 Å². The quantitative estimate of drug-likeness (QED) is 0.841. The number of rotatable bonds is 6. The summed E-state index contributed by atoms with van der Waals surface area (Å²) in [6, 6.07) is 0.171. The minimum atomic E-state index is 0.0936. The molecule has 0 aromatic carbocycles. The topological polar surface area (TPSA) is 88.8 Å². The largest absolute Gasteiger partial charge is 0.353 e. The summed E-state index contributed by atoms with van der Waals surface area (Å²) in [5.41, 5.74) is 0. The molecule has 2 aromatic heterocycles. The lowest BCUT2D eigenvalue weighted by atomic mass is 10.1. The van der Waals surface area contributed by atoms with Crippen LogP contribution < -0.4 is 10.2 Å². The van der Waals surface area contributed by atoms with E-state index in [4.69, 9.17) is 0 Å². The highest BCUT2D eigenvalue weighted by molar-refractivity contribution is 5.76. The van der Waals surface area contributed by atoms with Crippen LogP contribution in [0.25, 0.3) is 0 Å². The second kappa shape index (κ2) is 7.66. The fraction of sp³-hybridized carbons (Fsp3) is 0.533. The zero-order valence-corrected chi connectivity index (χ0v) is 13.0. The molecule has 3 rings (SSSR count). The molecule has 1 amide bonds. The molecular formula is C15H21N7O. The summed E-state index contributed by atoms with van der Waals surface area (Å²) < 4.78 is 1.74. The third-order valence-electron chi connectivity index (χ3n) is 3.92. The van der Waals surface area contributed by atoms with Crippen molar-refractivity contribution in [2.24, 2.45) is 0 Å². The van der Waals surface area contributed by atoms with Gasteiger partial charge in [-0.3, -0.25) is 14.5 Å². The minimum Gasteiger partial charge on any atom is -0.353 e.